The summed E-state index contributed by atoms with van der Waals surface area (Å²) in [6.07, 6.45) is -0.421. The topological polar surface area (TPSA) is 161 Å². The van der Waals surface area contributed by atoms with Crippen molar-refractivity contribution >= 4 is 35.6 Å². The molecule has 0 bridgehead atoms. The van der Waals surface area contributed by atoms with E-state index in [4.69, 9.17) is 14.2 Å². The van der Waals surface area contributed by atoms with Crippen LogP contribution in [0.15, 0.2) is 48.5 Å². The monoisotopic (exact) mass is 557 g/mol. The number of carbonyl (C=O) groups excluding carboxylic acids is 6. The van der Waals surface area contributed by atoms with Crippen LogP contribution in [0, 0.1) is 0 Å². The van der Waals surface area contributed by atoms with Gasteiger partial charge in [-0.15, -0.1) is 0 Å². The second-order valence-electron chi connectivity index (χ2n) is 8.52. The van der Waals surface area contributed by atoms with Crippen LogP contribution in [0.1, 0.15) is 37.3 Å². The molecule has 1 unspecified atom stereocenters. The van der Waals surface area contributed by atoms with E-state index in [0.717, 1.165) is 5.56 Å². The van der Waals surface area contributed by atoms with Gasteiger partial charge in [0.1, 0.15) is 36.2 Å². The molecule has 12 nitrogen and oxygen atoms in total. The average molecular weight is 558 g/mol. The number of nitrogens with one attached hydrogen (secondary N) is 1. The van der Waals surface area contributed by atoms with Gasteiger partial charge in [-0.25, -0.2) is 4.79 Å². The molecule has 2 aromatic carbocycles. The first-order chi connectivity index (χ1) is 19.1. The Morgan fingerprint density at radius 3 is 1.90 bits per heavy atom. The van der Waals surface area contributed by atoms with E-state index in [1.54, 1.807) is 31.4 Å². The van der Waals surface area contributed by atoms with Crippen molar-refractivity contribution in [1.82, 2.24) is 5.32 Å². The van der Waals surface area contributed by atoms with Crippen molar-refractivity contribution in [1.29, 1.82) is 0 Å². The molecule has 0 aromatic heterocycles. The predicted octanol–water partition coefficient (Wildman–Crippen LogP) is 1.85. The second kappa shape index (κ2) is 16.3. The van der Waals surface area contributed by atoms with Crippen LogP contribution in [0.3, 0.4) is 0 Å². The first-order valence-electron chi connectivity index (χ1n) is 12.2. The van der Waals surface area contributed by atoms with Gasteiger partial charge in [0.05, 0.1) is 14.2 Å². The summed E-state index contributed by atoms with van der Waals surface area (Å²) in [6.45, 7) is 0.476. The van der Waals surface area contributed by atoms with Crippen LogP contribution in [0.25, 0.3) is 0 Å². The molecule has 40 heavy (non-hydrogen) atoms. The molecule has 0 heterocycles. The predicted molar refractivity (Wildman–Crippen MR) is 138 cm³/mol. The molecule has 1 N–H and O–H groups in total. The SMILES string of the molecule is COC(=O)C(Cc1ccc(OC(=O)CC(=O)OCOC(=O)CC(C)=O)cc1)NC(=O)CCc1ccc(OC)cc1. The summed E-state index contributed by atoms with van der Waals surface area (Å²) in [5.74, 6) is -3.25. The van der Waals surface area contributed by atoms with Crippen molar-refractivity contribution in [3.05, 3.63) is 59.7 Å². The number of carbonyl (C=O) groups is 6. The lowest BCUT2D eigenvalue weighted by Gasteiger charge is -2.17. The molecule has 0 aliphatic carbocycles. The van der Waals surface area contributed by atoms with Crippen molar-refractivity contribution in [3.8, 4) is 11.5 Å². The summed E-state index contributed by atoms with van der Waals surface area (Å²) in [5, 5.41) is 2.69. The number of amides is 1. The summed E-state index contributed by atoms with van der Waals surface area (Å²) < 4.78 is 24.2. The largest absolute Gasteiger partial charge is 0.497 e. The van der Waals surface area contributed by atoms with Gasteiger partial charge in [0.2, 0.25) is 12.7 Å². The molecule has 2 aromatic rings. The maximum atomic E-state index is 12.5. The zero-order valence-electron chi connectivity index (χ0n) is 22.4. The highest BCUT2D eigenvalue weighted by atomic mass is 16.7. The van der Waals surface area contributed by atoms with Gasteiger partial charge >= 0.3 is 23.9 Å². The average Bonchev–Trinajstić information content (AvgIpc) is 2.91. The van der Waals surface area contributed by atoms with Gasteiger partial charge in [0.25, 0.3) is 0 Å². The van der Waals surface area contributed by atoms with Gasteiger partial charge in [-0.1, -0.05) is 24.3 Å². The van der Waals surface area contributed by atoms with Crippen molar-refractivity contribution < 1.29 is 52.5 Å². The molecule has 0 spiro atoms. The number of hydrogen-bond donors (Lipinski definition) is 1. The van der Waals surface area contributed by atoms with E-state index in [2.05, 4.69) is 14.8 Å². The minimum absolute atomic E-state index is 0.129. The molecule has 0 radical (unpaired) electrons. The molecule has 0 aliphatic heterocycles. The van der Waals surface area contributed by atoms with Gasteiger partial charge in [0, 0.05) is 12.8 Å². The minimum atomic E-state index is -0.985. The lowest BCUT2D eigenvalue weighted by atomic mass is 10.0. The summed E-state index contributed by atoms with van der Waals surface area (Å²) in [6, 6.07) is 12.5. The zero-order valence-corrected chi connectivity index (χ0v) is 22.4. The number of rotatable bonds is 15. The van der Waals surface area contributed by atoms with Gasteiger partial charge in [-0.3, -0.25) is 24.0 Å². The highest BCUT2D eigenvalue weighted by Crippen LogP contribution is 2.16. The number of methoxy groups -OCH3 is 2. The Bertz CT molecular complexity index is 1190. The molecule has 1 atom stereocenters. The Morgan fingerprint density at radius 1 is 0.750 bits per heavy atom. The number of benzene rings is 2. The van der Waals surface area contributed by atoms with Crippen molar-refractivity contribution in [2.45, 2.75) is 45.1 Å². The van der Waals surface area contributed by atoms with E-state index in [1.165, 1.54) is 26.2 Å². The number of Topliss-reactive ketones (excluding diaryl/α,β-unsaturated/α-hetero) is 1. The van der Waals surface area contributed by atoms with Gasteiger partial charge in [-0.2, -0.15) is 0 Å². The maximum Gasteiger partial charge on any atom is 0.328 e. The van der Waals surface area contributed by atoms with E-state index >= 15 is 0 Å². The van der Waals surface area contributed by atoms with E-state index in [-0.39, 0.29) is 24.5 Å². The van der Waals surface area contributed by atoms with Crippen molar-refractivity contribution in [2.24, 2.45) is 0 Å². The van der Waals surface area contributed by atoms with Crippen LogP contribution >= 0.6 is 0 Å². The Balaban J connectivity index is 1.82. The minimum Gasteiger partial charge on any atom is -0.497 e. The Labute approximate surface area is 230 Å². The van der Waals surface area contributed by atoms with Crippen molar-refractivity contribution in [3.63, 3.8) is 0 Å². The zero-order chi connectivity index (χ0) is 29.5. The lowest BCUT2D eigenvalue weighted by Crippen LogP contribution is -2.43. The fraction of sp³-hybridized carbons (Fsp3) is 0.357. The van der Waals surface area contributed by atoms with Gasteiger partial charge in [0.15, 0.2) is 0 Å². The summed E-state index contributed by atoms with van der Waals surface area (Å²) in [4.78, 5) is 70.5. The number of hydrogen-bond acceptors (Lipinski definition) is 11. The Hall–Kier alpha value is -4.74. The standard InChI is InChI=1S/C28H31NO11/c1-18(30)14-25(32)38-17-39-26(33)16-27(34)40-22-11-6-20(7-12-22)15-23(28(35)37-3)29-24(31)13-8-19-4-9-21(36-2)10-5-19/h4-7,9-12,23H,8,13-17H2,1-3H3,(H,29,31). The maximum absolute atomic E-state index is 12.5. The van der Waals surface area contributed by atoms with E-state index in [9.17, 15) is 28.8 Å². The molecule has 214 valence electrons. The summed E-state index contributed by atoms with van der Waals surface area (Å²) in [7, 11) is 2.79. The molecule has 0 saturated heterocycles. The van der Waals surface area contributed by atoms with Gasteiger partial charge in [-0.05, 0) is 48.7 Å². The number of aryl methyl sites for hydroxylation is 1. The molecule has 0 saturated carbocycles. The fourth-order valence-electron chi connectivity index (χ4n) is 3.33. The molecule has 0 fully saturated rings. The molecular formula is C28H31NO11. The highest BCUT2D eigenvalue weighted by molar-refractivity contribution is 5.94. The molecule has 2 rings (SSSR count). The summed E-state index contributed by atoms with van der Waals surface area (Å²) in [5.41, 5.74) is 1.59. The van der Waals surface area contributed by atoms with Crippen LogP contribution in [-0.4, -0.2) is 62.6 Å². The number of ether oxygens (including phenoxy) is 5. The molecule has 0 aliphatic rings. The quantitative estimate of drug-likeness (QED) is 0.147. The Kier molecular flexibility index (Phi) is 12.8. The first-order valence-corrected chi connectivity index (χ1v) is 12.2. The second-order valence-corrected chi connectivity index (χ2v) is 8.52. The van der Waals surface area contributed by atoms with E-state index < -0.39 is 55.3 Å². The van der Waals surface area contributed by atoms with Gasteiger partial charge < -0.3 is 29.0 Å². The smallest absolute Gasteiger partial charge is 0.328 e. The fourth-order valence-corrected chi connectivity index (χ4v) is 3.33. The molecule has 12 heteroatoms. The van der Waals surface area contributed by atoms with Crippen LogP contribution < -0.4 is 14.8 Å². The number of ketones is 1. The van der Waals surface area contributed by atoms with E-state index in [1.807, 2.05) is 12.1 Å². The van der Waals surface area contributed by atoms with Crippen LogP contribution in [0.4, 0.5) is 0 Å². The third-order valence-electron chi connectivity index (χ3n) is 5.34. The van der Waals surface area contributed by atoms with Crippen molar-refractivity contribution in [2.75, 3.05) is 21.0 Å². The highest BCUT2D eigenvalue weighted by Gasteiger charge is 2.22. The van der Waals surface area contributed by atoms with Crippen LogP contribution in [0.5, 0.6) is 11.5 Å². The third kappa shape index (κ3) is 11.8. The normalized spacial score (nSPS) is 11.0. The lowest BCUT2D eigenvalue weighted by molar-refractivity contribution is -0.168. The third-order valence-corrected chi connectivity index (χ3v) is 5.34. The number of esters is 4. The summed E-state index contributed by atoms with van der Waals surface area (Å²) >= 11 is 0. The van der Waals surface area contributed by atoms with Crippen LogP contribution in [0.2, 0.25) is 0 Å². The Morgan fingerprint density at radius 2 is 1.32 bits per heavy atom. The molecule has 1 amide bonds. The van der Waals surface area contributed by atoms with Crippen LogP contribution in [-0.2, 0) is 55.8 Å². The molecular weight excluding hydrogens is 526 g/mol. The first kappa shape index (κ1) is 31.5. The van der Waals surface area contributed by atoms with E-state index in [0.29, 0.717) is 17.7 Å².